The molecule has 0 saturated heterocycles. The van der Waals surface area contributed by atoms with E-state index in [2.05, 4.69) is 15.7 Å². The molecule has 1 aromatic carbocycles. The highest BCUT2D eigenvalue weighted by Gasteiger charge is 2.21. The Balaban J connectivity index is 2.42. The molecular formula is C16H22N6O7. The molecule has 0 saturated carbocycles. The average Bonchev–Trinajstić information content (AvgIpc) is 2.63. The molecule has 0 fully saturated rings. The van der Waals surface area contributed by atoms with Crippen LogP contribution in [0.1, 0.15) is 23.2 Å². The van der Waals surface area contributed by atoms with Crippen molar-refractivity contribution in [3.8, 4) is 0 Å². The first kappa shape index (κ1) is 23.3. The molecule has 0 heterocycles. The summed E-state index contributed by atoms with van der Waals surface area (Å²) < 4.78 is 0. The number of nitro groups is 1. The van der Waals surface area contributed by atoms with E-state index in [1.807, 2.05) is 0 Å². The van der Waals surface area contributed by atoms with Gasteiger partial charge in [-0.05, 0) is 25.0 Å². The summed E-state index contributed by atoms with van der Waals surface area (Å²) in [6.07, 6.45) is 0.275. The number of guanidine groups is 1. The number of benzene rings is 1. The summed E-state index contributed by atoms with van der Waals surface area (Å²) in [5.74, 6) is -2.99. The second kappa shape index (κ2) is 11.9. The number of carboxylic acids is 1. The number of carbonyl (C=O) groups excluding carboxylic acids is 2. The van der Waals surface area contributed by atoms with Gasteiger partial charge in [-0.3, -0.25) is 4.79 Å². The smallest absolute Gasteiger partial charge is 0.357 e. The van der Waals surface area contributed by atoms with Gasteiger partial charge in [-0.15, -0.1) is 5.06 Å². The summed E-state index contributed by atoms with van der Waals surface area (Å²) >= 11 is 0. The van der Waals surface area contributed by atoms with Crippen LogP contribution in [0.3, 0.4) is 0 Å². The highest BCUT2D eigenvalue weighted by molar-refractivity contribution is 5.89. The fourth-order valence-electron chi connectivity index (χ4n) is 2.15. The lowest BCUT2D eigenvalue weighted by Gasteiger charge is -2.18. The lowest BCUT2D eigenvalue weighted by molar-refractivity contribution is -0.485. The van der Waals surface area contributed by atoms with E-state index in [0.717, 1.165) is 5.06 Å². The van der Waals surface area contributed by atoms with Crippen LogP contribution in [-0.2, 0) is 14.4 Å². The van der Waals surface area contributed by atoms with Crippen LogP contribution in [-0.4, -0.2) is 65.2 Å². The van der Waals surface area contributed by atoms with Crippen molar-refractivity contribution in [3.63, 3.8) is 0 Å². The summed E-state index contributed by atoms with van der Waals surface area (Å²) in [5.41, 5.74) is 5.53. The first-order valence-corrected chi connectivity index (χ1v) is 8.42. The number of carboxylic acid groups (broad SMARTS) is 1. The molecule has 1 atom stereocenters. The molecule has 0 aliphatic heterocycles. The Bertz CT molecular complexity index is 755. The van der Waals surface area contributed by atoms with E-state index in [0.29, 0.717) is 5.56 Å². The van der Waals surface area contributed by atoms with Gasteiger partial charge in [-0.1, -0.05) is 18.2 Å². The number of nitrogens with two attached hydrogens (primary N) is 1. The van der Waals surface area contributed by atoms with Crippen LogP contribution in [0, 0.1) is 10.1 Å². The molecule has 13 nitrogen and oxygen atoms in total. The highest BCUT2D eigenvalue weighted by Crippen LogP contribution is 2.03. The zero-order valence-corrected chi connectivity index (χ0v) is 15.6. The standard InChI is InChI=1S/C16H22N6O7/c1-21(29-15(26)11-6-3-2-4-7-11)10-13(23)19-12(14(24)25)8-5-9-18-16(17)20-22(27)28/h2-4,6-7,12H,5,8-10H2,1H3,(H,19,23)(H,24,25)(H3,17,18,20)/t12-/m0/s1. The molecule has 0 bridgehead atoms. The Morgan fingerprint density at radius 1 is 1.34 bits per heavy atom. The van der Waals surface area contributed by atoms with E-state index >= 15 is 0 Å². The number of likely N-dealkylation sites (N-methyl/N-ethyl adjacent to an activating group) is 1. The van der Waals surface area contributed by atoms with Gasteiger partial charge < -0.3 is 26.3 Å². The maximum absolute atomic E-state index is 12.0. The van der Waals surface area contributed by atoms with Crippen molar-refractivity contribution in [1.82, 2.24) is 15.7 Å². The minimum atomic E-state index is -1.26. The zero-order chi connectivity index (χ0) is 21.8. The topological polar surface area (TPSA) is 189 Å². The number of hydrazone groups is 1. The van der Waals surface area contributed by atoms with Crippen LogP contribution in [0.25, 0.3) is 0 Å². The summed E-state index contributed by atoms with van der Waals surface area (Å²) in [6, 6.07) is 6.95. The Morgan fingerprint density at radius 3 is 2.59 bits per heavy atom. The number of nitrogens with one attached hydrogen (secondary N) is 2. The van der Waals surface area contributed by atoms with Crippen LogP contribution >= 0.6 is 0 Å². The van der Waals surface area contributed by atoms with Gasteiger partial charge in [-0.2, -0.15) is 0 Å². The number of hydrogen-bond acceptors (Lipinski definition) is 7. The van der Waals surface area contributed by atoms with Gasteiger partial charge in [-0.25, -0.2) is 19.7 Å². The molecule has 1 rings (SSSR count). The maximum Gasteiger partial charge on any atom is 0.357 e. The fourth-order valence-corrected chi connectivity index (χ4v) is 2.15. The second-order valence-corrected chi connectivity index (χ2v) is 5.78. The van der Waals surface area contributed by atoms with E-state index in [9.17, 15) is 29.6 Å². The first-order chi connectivity index (χ1) is 13.7. The molecule has 0 radical (unpaired) electrons. The lowest BCUT2D eigenvalue weighted by Crippen LogP contribution is -2.45. The molecule has 13 heteroatoms. The number of rotatable bonds is 11. The number of carbonyl (C=O) groups is 3. The molecule has 0 aliphatic rings. The van der Waals surface area contributed by atoms with Gasteiger partial charge in [0.1, 0.15) is 17.7 Å². The van der Waals surface area contributed by atoms with E-state index in [-0.39, 0.29) is 25.9 Å². The molecule has 0 unspecified atom stereocenters. The van der Waals surface area contributed by atoms with Crippen molar-refractivity contribution in [2.75, 3.05) is 20.1 Å². The predicted octanol–water partition coefficient (Wildman–Crippen LogP) is -0.864. The normalized spacial score (nSPS) is 12.1. The van der Waals surface area contributed by atoms with Gasteiger partial charge in [0.15, 0.2) is 5.03 Å². The molecule has 1 aromatic rings. The summed E-state index contributed by atoms with van der Waals surface area (Å²) in [4.78, 5) is 50.3. The van der Waals surface area contributed by atoms with Crippen LogP contribution in [0.4, 0.5) is 0 Å². The first-order valence-electron chi connectivity index (χ1n) is 8.42. The number of amides is 1. The number of nitrogens with zero attached hydrogens (tertiary/aromatic N) is 3. The van der Waals surface area contributed by atoms with Gasteiger partial charge in [0.25, 0.3) is 5.96 Å². The van der Waals surface area contributed by atoms with E-state index in [4.69, 9.17) is 10.6 Å². The van der Waals surface area contributed by atoms with Crippen LogP contribution < -0.4 is 16.4 Å². The monoisotopic (exact) mass is 410 g/mol. The summed E-state index contributed by atoms with van der Waals surface area (Å²) in [7, 11) is 1.36. The minimum Gasteiger partial charge on any atom is -0.480 e. The lowest BCUT2D eigenvalue weighted by atomic mass is 10.1. The molecule has 158 valence electrons. The third kappa shape index (κ3) is 9.67. The van der Waals surface area contributed by atoms with Gasteiger partial charge in [0.2, 0.25) is 5.91 Å². The molecule has 0 aromatic heterocycles. The van der Waals surface area contributed by atoms with Crippen molar-refractivity contribution < 1.29 is 29.4 Å². The Labute approximate surface area is 165 Å². The predicted molar refractivity (Wildman–Crippen MR) is 99.9 cm³/mol. The second-order valence-electron chi connectivity index (χ2n) is 5.78. The van der Waals surface area contributed by atoms with Crippen molar-refractivity contribution in [3.05, 3.63) is 46.0 Å². The number of aliphatic carboxylic acids is 1. The summed E-state index contributed by atoms with van der Waals surface area (Å²) in [5, 5.41) is 26.9. The minimum absolute atomic E-state index is 0.0351. The van der Waals surface area contributed by atoms with E-state index < -0.39 is 34.9 Å². The van der Waals surface area contributed by atoms with Crippen LogP contribution in [0.2, 0.25) is 0 Å². The number of hydroxylamine groups is 2. The molecule has 5 N–H and O–H groups in total. The van der Waals surface area contributed by atoms with Gasteiger partial charge in [0.05, 0.1) is 5.56 Å². The molecule has 0 spiro atoms. The fraction of sp³-hybridized carbons (Fsp3) is 0.375. The Kier molecular flexibility index (Phi) is 9.53. The Morgan fingerprint density at radius 2 is 2.00 bits per heavy atom. The van der Waals surface area contributed by atoms with Gasteiger partial charge >= 0.3 is 11.9 Å². The third-order valence-corrected chi connectivity index (χ3v) is 3.41. The van der Waals surface area contributed by atoms with Crippen LogP contribution in [0.5, 0.6) is 0 Å². The molecular weight excluding hydrogens is 388 g/mol. The van der Waals surface area contributed by atoms with Crippen LogP contribution in [0.15, 0.2) is 35.4 Å². The quantitative estimate of drug-likeness (QED) is 0.117. The molecule has 1 amide bonds. The molecule has 29 heavy (non-hydrogen) atoms. The largest absolute Gasteiger partial charge is 0.480 e. The maximum atomic E-state index is 12.0. The Hall–Kier alpha value is -3.74. The van der Waals surface area contributed by atoms with Crippen molar-refractivity contribution >= 4 is 23.8 Å². The highest BCUT2D eigenvalue weighted by atomic mass is 16.7. The zero-order valence-electron chi connectivity index (χ0n) is 15.6. The van der Waals surface area contributed by atoms with Crippen molar-refractivity contribution in [2.24, 2.45) is 10.8 Å². The van der Waals surface area contributed by atoms with E-state index in [1.54, 1.807) is 30.3 Å². The average molecular weight is 410 g/mol. The van der Waals surface area contributed by atoms with Crippen molar-refractivity contribution in [2.45, 2.75) is 18.9 Å². The van der Waals surface area contributed by atoms with E-state index in [1.165, 1.54) is 7.05 Å². The SMILES string of the molecule is CN(CC(=O)N[C@@H](CCCN/C(N)=N\[N+](=O)[O-])C(=O)O)OC(=O)c1ccccc1. The van der Waals surface area contributed by atoms with Crippen molar-refractivity contribution in [1.29, 1.82) is 0 Å². The third-order valence-electron chi connectivity index (χ3n) is 3.41. The number of hydrogen-bond donors (Lipinski definition) is 4. The summed E-state index contributed by atoms with van der Waals surface area (Å²) in [6.45, 7) is -0.250. The van der Waals surface area contributed by atoms with Gasteiger partial charge in [0, 0.05) is 13.6 Å². The molecule has 0 aliphatic carbocycles.